The van der Waals surface area contributed by atoms with Crippen LogP contribution in [0.4, 0.5) is 15.8 Å². The van der Waals surface area contributed by atoms with Crippen LogP contribution in [0.15, 0.2) is 36.4 Å². The lowest BCUT2D eigenvalue weighted by Crippen LogP contribution is -2.35. The summed E-state index contributed by atoms with van der Waals surface area (Å²) in [6.45, 7) is 1.96. The summed E-state index contributed by atoms with van der Waals surface area (Å²) in [7, 11) is 0. The summed E-state index contributed by atoms with van der Waals surface area (Å²) in [6, 6.07) is 9.30. The lowest BCUT2D eigenvalue weighted by atomic mass is 10.1. The van der Waals surface area contributed by atoms with Crippen LogP contribution in [0.25, 0.3) is 0 Å². The summed E-state index contributed by atoms with van der Waals surface area (Å²) in [5, 5.41) is 0.121. The van der Waals surface area contributed by atoms with Gasteiger partial charge >= 0.3 is 0 Å². The minimum atomic E-state index is -0.459. The highest BCUT2D eigenvalue weighted by Crippen LogP contribution is 2.35. The predicted molar refractivity (Wildman–Crippen MR) is 82.2 cm³/mol. The summed E-state index contributed by atoms with van der Waals surface area (Å²) in [4.78, 5) is 14.4. The lowest BCUT2D eigenvalue weighted by molar-refractivity contribution is 0.0981. The van der Waals surface area contributed by atoms with E-state index < -0.39 is 5.82 Å². The third-order valence-electron chi connectivity index (χ3n) is 3.70. The number of fused-ring (bicyclic) bond motifs is 1. The summed E-state index contributed by atoms with van der Waals surface area (Å²) in [6.07, 6.45) is 0.741. The van der Waals surface area contributed by atoms with Gasteiger partial charge in [-0.2, -0.15) is 0 Å². The monoisotopic (exact) mass is 304 g/mol. The van der Waals surface area contributed by atoms with Gasteiger partial charge in [-0.05, 0) is 55.3 Å². The van der Waals surface area contributed by atoms with Gasteiger partial charge in [0.1, 0.15) is 5.82 Å². The van der Waals surface area contributed by atoms with Crippen LogP contribution < -0.4 is 10.6 Å². The Labute approximate surface area is 127 Å². The first-order valence-corrected chi connectivity index (χ1v) is 7.02. The topological polar surface area (TPSA) is 46.3 Å². The molecule has 3 nitrogen and oxygen atoms in total. The summed E-state index contributed by atoms with van der Waals surface area (Å²) >= 11 is 6.00. The molecule has 108 valence electrons. The van der Waals surface area contributed by atoms with Gasteiger partial charge in [-0.1, -0.05) is 11.6 Å². The Morgan fingerprint density at radius 1 is 1.33 bits per heavy atom. The number of carbonyl (C=O) groups excluding carboxylic acids is 1. The van der Waals surface area contributed by atoms with Crippen LogP contribution in [-0.4, -0.2) is 11.9 Å². The molecule has 0 aromatic heterocycles. The largest absolute Gasteiger partial charge is 0.399 e. The molecule has 1 aliphatic rings. The maximum atomic E-state index is 13.1. The summed E-state index contributed by atoms with van der Waals surface area (Å²) in [5.74, 6) is -0.685. The molecule has 21 heavy (non-hydrogen) atoms. The third-order valence-corrected chi connectivity index (χ3v) is 4.01. The van der Waals surface area contributed by atoms with Crippen LogP contribution in [0.5, 0.6) is 0 Å². The Kier molecular flexibility index (Phi) is 3.33. The number of rotatable bonds is 1. The molecule has 1 aliphatic heterocycles. The number of anilines is 2. The van der Waals surface area contributed by atoms with Crippen molar-refractivity contribution in [2.45, 2.75) is 19.4 Å². The molecule has 1 amide bonds. The molecule has 0 saturated carbocycles. The molecule has 3 rings (SSSR count). The van der Waals surface area contributed by atoms with E-state index in [0.717, 1.165) is 23.7 Å². The van der Waals surface area contributed by atoms with Crippen LogP contribution in [0.3, 0.4) is 0 Å². The minimum absolute atomic E-state index is 0.00965. The second kappa shape index (κ2) is 5.04. The number of carbonyl (C=O) groups is 1. The smallest absolute Gasteiger partial charge is 0.260 e. The number of halogens is 2. The van der Waals surface area contributed by atoms with Crippen molar-refractivity contribution in [3.63, 3.8) is 0 Å². The molecule has 5 heteroatoms. The number of hydrogen-bond acceptors (Lipinski definition) is 2. The fourth-order valence-corrected chi connectivity index (χ4v) is 3.00. The fourth-order valence-electron chi connectivity index (χ4n) is 2.75. The fraction of sp³-hybridized carbons (Fsp3) is 0.188. The van der Waals surface area contributed by atoms with Crippen LogP contribution in [0.1, 0.15) is 22.8 Å². The molecule has 2 N–H and O–H groups in total. The van der Waals surface area contributed by atoms with Crippen molar-refractivity contribution in [2.75, 3.05) is 10.6 Å². The van der Waals surface area contributed by atoms with Gasteiger partial charge in [0.15, 0.2) is 0 Å². The molecule has 0 bridgehead atoms. The molecule has 0 aliphatic carbocycles. The number of nitrogens with two attached hydrogens (primary N) is 1. The number of amides is 1. The number of nitrogens with zero attached hydrogens (tertiary/aromatic N) is 1. The predicted octanol–water partition coefficient (Wildman–Crippen LogP) is 3.65. The maximum Gasteiger partial charge on any atom is 0.260 e. The van der Waals surface area contributed by atoms with Crippen LogP contribution >= 0.6 is 11.6 Å². The van der Waals surface area contributed by atoms with E-state index in [9.17, 15) is 9.18 Å². The standard InChI is InChI=1S/C16H14ClFN2O/c1-9-6-10-7-12(19)3-5-15(10)20(9)16(21)13-4-2-11(18)8-14(13)17/h2-5,7-9H,6,19H2,1H3. The van der Waals surface area contributed by atoms with E-state index >= 15 is 0 Å². The zero-order chi connectivity index (χ0) is 15.1. The molecule has 0 spiro atoms. The first-order valence-electron chi connectivity index (χ1n) is 6.64. The van der Waals surface area contributed by atoms with Gasteiger partial charge in [0.25, 0.3) is 5.91 Å². The zero-order valence-electron chi connectivity index (χ0n) is 11.4. The quantitative estimate of drug-likeness (QED) is 0.817. The van der Waals surface area contributed by atoms with E-state index in [2.05, 4.69) is 0 Å². The van der Waals surface area contributed by atoms with Crippen LogP contribution in [0, 0.1) is 5.82 Å². The van der Waals surface area contributed by atoms with Gasteiger partial charge < -0.3 is 10.6 Å². The van der Waals surface area contributed by atoms with E-state index in [1.54, 1.807) is 11.0 Å². The number of hydrogen-bond donors (Lipinski definition) is 1. The Morgan fingerprint density at radius 3 is 2.81 bits per heavy atom. The van der Waals surface area contributed by atoms with E-state index in [-0.39, 0.29) is 17.0 Å². The molecule has 0 saturated heterocycles. The van der Waals surface area contributed by atoms with Gasteiger partial charge in [0.05, 0.1) is 10.6 Å². The van der Waals surface area contributed by atoms with Crippen molar-refractivity contribution in [1.82, 2.24) is 0 Å². The molecule has 1 heterocycles. The minimum Gasteiger partial charge on any atom is -0.399 e. The summed E-state index contributed by atoms with van der Waals surface area (Å²) < 4.78 is 13.1. The van der Waals surface area contributed by atoms with E-state index in [4.69, 9.17) is 17.3 Å². The summed E-state index contributed by atoms with van der Waals surface area (Å²) in [5.41, 5.74) is 8.63. The van der Waals surface area contributed by atoms with E-state index in [0.29, 0.717) is 11.3 Å². The normalized spacial score (nSPS) is 16.9. The van der Waals surface area contributed by atoms with Crippen molar-refractivity contribution in [2.24, 2.45) is 0 Å². The molecule has 0 fully saturated rings. The second-order valence-electron chi connectivity index (χ2n) is 5.24. The Morgan fingerprint density at radius 2 is 2.10 bits per heavy atom. The molecular formula is C16H14ClFN2O. The highest BCUT2D eigenvalue weighted by atomic mass is 35.5. The number of nitrogen functional groups attached to an aromatic ring is 1. The molecule has 1 atom stereocenters. The van der Waals surface area contributed by atoms with Gasteiger partial charge in [0, 0.05) is 17.4 Å². The Hall–Kier alpha value is -2.07. The van der Waals surface area contributed by atoms with E-state index in [1.807, 2.05) is 19.1 Å². The highest BCUT2D eigenvalue weighted by Gasteiger charge is 2.32. The van der Waals surface area contributed by atoms with Gasteiger partial charge in [0.2, 0.25) is 0 Å². The molecule has 0 radical (unpaired) electrons. The number of benzene rings is 2. The first kappa shape index (κ1) is 13.9. The van der Waals surface area contributed by atoms with Gasteiger partial charge in [-0.25, -0.2) is 4.39 Å². The maximum absolute atomic E-state index is 13.1. The second-order valence-corrected chi connectivity index (χ2v) is 5.65. The molecule has 1 unspecified atom stereocenters. The highest BCUT2D eigenvalue weighted by molar-refractivity contribution is 6.34. The average molecular weight is 305 g/mol. The van der Waals surface area contributed by atoms with Crippen LogP contribution in [0.2, 0.25) is 5.02 Å². The van der Waals surface area contributed by atoms with Crippen molar-refractivity contribution < 1.29 is 9.18 Å². The molecule has 2 aromatic carbocycles. The molecule has 2 aromatic rings. The van der Waals surface area contributed by atoms with Gasteiger partial charge in [-0.15, -0.1) is 0 Å². The third kappa shape index (κ3) is 2.36. The van der Waals surface area contributed by atoms with Crippen molar-refractivity contribution in [3.05, 3.63) is 58.4 Å². The van der Waals surface area contributed by atoms with Crippen molar-refractivity contribution in [3.8, 4) is 0 Å². The van der Waals surface area contributed by atoms with Crippen LogP contribution in [-0.2, 0) is 6.42 Å². The zero-order valence-corrected chi connectivity index (χ0v) is 12.2. The van der Waals surface area contributed by atoms with Crippen molar-refractivity contribution >= 4 is 28.9 Å². The van der Waals surface area contributed by atoms with E-state index in [1.165, 1.54) is 12.1 Å². The average Bonchev–Trinajstić information content (AvgIpc) is 2.73. The first-order chi connectivity index (χ1) is 9.97. The lowest BCUT2D eigenvalue weighted by Gasteiger charge is -2.23. The molecular weight excluding hydrogens is 291 g/mol. The Bertz CT molecular complexity index is 732. The van der Waals surface area contributed by atoms with Crippen molar-refractivity contribution in [1.29, 1.82) is 0 Å². The SMILES string of the molecule is CC1Cc2cc(N)ccc2N1C(=O)c1ccc(F)cc1Cl. The Balaban J connectivity index is 2.03. The van der Waals surface area contributed by atoms with Gasteiger partial charge in [-0.3, -0.25) is 4.79 Å².